The van der Waals surface area contributed by atoms with Crippen LogP contribution in [0.2, 0.25) is 0 Å². The molecule has 0 aliphatic carbocycles. The number of carbonyl (C=O) groups is 1. The Morgan fingerprint density at radius 2 is 1.68 bits per heavy atom. The van der Waals surface area contributed by atoms with Gasteiger partial charge in [-0.2, -0.15) is 13.2 Å². The molecule has 0 spiro atoms. The number of carbonyl (C=O) groups excluding carboxylic acids is 1. The van der Waals surface area contributed by atoms with E-state index in [0.717, 1.165) is 10.8 Å². The van der Waals surface area contributed by atoms with Crippen molar-refractivity contribution in [1.29, 1.82) is 0 Å². The molecule has 0 fully saturated rings. The molecule has 0 saturated heterocycles. The Balaban J connectivity index is 1.37. The summed E-state index contributed by atoms with van der Waals surface area (Å²) in [4.78, 5) is 15.9. The zero-order valence-electron chi connectivity index (χ0n) is 17.7. The Hall–Kier alpha value is -4.28. The molecule has 1 amide bonds. The first-order valence-corrected chi connectivity index (χ1v) is 10.1. The Bertz CT molecular complexity index is 1270. The first-order chi connectivity index (χ1) is 16.2. The summed E-state index contributed by atoms with van der Waals surface area (Å²) in [5.41, 5.74) is 2.03. The van der Waals surface area contributed by atoms with E-state index in [-0.39, 0.29) is 23.2 Å². The predicted octanol–water partition coefficient (Wildman–Crippen LogP) is 4.93. The number of imidazole rings is 1. The average Bonchev–Trinajstić information content (AvgIpc) is 3.31. The smallest absolute Gasteiger partial charge is 0.374 e. The highest BCUT2D eigenvalue weighted by Crippen LogP contribution is 2.29. The third-order valence-corrected chi connectivity index (χ3v) is 4.87. The highest BCUT2D eigenvalue weighted by molar-refractivity contribution is 5.95. The predicted molar refractivity (Wildman–Crippen MR) is 118 cm³/mol. The van der Waals surface area contributed by atoms with Crippen LogP contribution in [0.4, 0.5) is 29.1 Å². The lowest BCUT2D eigenvalue weighted by Gasteiger charge is -2.16. The fourth-order valence-corrected chi connectivity index (χ4v) is 3.16. The van der Waals surface area contributed by atoms with Crippen LogP contribution in [0.25, 0.3) is 16.9 Å². The summed E-state index contributed by atoms with van der Waals surface area (Å²) < 4.78 is 53.1. The second kappa shape index (κ2) is 9.30. The summed E-state index contributed by atoms with van der Waals surface area (Å²) in [5.74, 6) is -1.53. The number of hydrogen-bond acceptors (Lipinski definition) is 5. The third kappa shape index (κ3) is 5.20. The van der Waals surface area contributed by atoms with Crippen LogP contribution in [-0.4, -0.2) is 31.7 Å². The van der Waals surface area contributed by atoms with E-state index in [1.54, 1.807) is 43.3 Å². The van der Waals surface area contributed by atoms with Crippen molar-refractivity contribution in [2.75, 3.05) is 10.6 Å². The number of hydrogen-bond donors (Lipinski definition) is 2. The fourth-order valence-electron chi connectivity index (χ4n) is 3.16. The number of amides is 1. The zero-order valence-corrected chi connectivity index (χ0v) is 17.7. The first-order valence-electron chi connectivity index (χ1n) is 10.1. The SMILES string of the molecule is CC(Nc1ccc(-n2ccnc2C(F)(F)F)cc1)C(=O)Nc1ccc(-c2ccc(F)cc2)nn1. The van der Waals surface area contributed by atoms with Crippen LogP contribution in [0, 0.1) is 5.82 Å². The molecule has 2 aromatic heterocycles. The first kappa shape index (κ1) is 22.9. The maximum absolute atomic E-state index is 13.1. The Kier molecular flexibility index (Phi) is 6.26. The molecule has 2 aromatic carbocycles. The number of benzene rings is 2. The highest BCUT2D eigenvalue weighted by Gasteiger charge is 2.36. The van der Waals surface area contributed by atoms with Gasteiger partial charge < -0.3 is 10.6 Å². The van der Waals surface area contributed by atoms with Crippen molar-refractivity contribution in [3.63, 3.8) is 0 Å². The molecule has 0 aliphatic rings. The Morgan fingerprint density at radius 3 is 2.29 bits per heavy atom. The van der Waals surface area contributed by atoms with Gasteiger partial charge in [-0.05, 0) is 67.6 Å². The van der Waals surface area contributed by atoms with E-state index in [1.807, 2.05) is 0 Å². The molecule has 1 atom stereocenters. The lowest BCUT2D eigenvalue weighted by Crippen LogP contribution is -2.32. The van der Waals surface area contributed by atoms with Crippen molar-refractivity contribution in [1.82, 2.24) is 19.7 Å². The summed E-state index contributed by atoms with van der Waals surface area (Å²) in [6.45, 7) is 1.63. The summed E-state index contributed by atoms with van der Waals surface area (Å²) >= 11 is 0. The van der Waals surface area contributed by atoms with Gasteiger partial charge in [0.25, 0.3) is 0 Å². The zero-order chi connectivity index (χ0) is 24.3. The van der Waals surface area contributed by atoms with E-state index >= 15 is 0 Å². The number of rotatable bonds is 6. The van der Waals surface area contributed by atoms with Crippen LogP contribution in [0.1, 0.15) is 12.7 Å². The quantitative estimate of drug-likeness (QED) is 0.391. The van der Waals surface area contributed by atoms with Gasteiger partial charge in [0.2, 0.25) is 11.7 Å². The number of alkyl halides is 3. The van der Waals surface area contributed by atoms with Crippen molar-refractivity contribution in [3.05, 3.63) is 84.7 Å². The van der Waals surface area contributed by atoms with Crippen LogP contribution >= 0.6 is 0 Å². The molecule has 11 heteroatoms. The number of nitrogens with zero attached hydrogens (tertiary/aromatic N) is 4. The fraction of sp³-hybridized carbons (Fsp3) is 0.130. The maximum Gasteiger partial charge on any atom is 0.450 e. The van der Waals surface area contributed by atoms with Crippen LogP contribution in [-0.2, 0) is 11.0 Å². The minimum atomic E-state index is -4.58. The van der Waals surface area contributed by atoms with Gasteiger partial charge in [-0.1, -0.05) is 0 Å². The Morgan fingerprint density at radius 1 is 0.971 bits per heavy atom. The summed E-state index contributed by atoms with van der Waals surface area (Å²) in [5, 5.41) is 13.6. The number of aromatic nitrogens is 4. The topological polar surface area (TPSA) is 84.7 Å². The van der Waals surface area contributed by atoms with Gasteiger partial charge in [-0.25, -0.2) is 9.37 Å². The molecule has 174 valence electrons. The van der Waals surface area contributed by atoms with Gasteiger partial charge >= 0.3 is 6.18 Å². The third-order valence-electron chi connectivity index (χ3n) is 4.87. The Labute approximate surface area is 191 Å². The van der Waals surface area contributed by atoms with Crippen molar-refractivity contribution in [2.24, 2.45) is 0 Å². The van der Waals surface area contributed by atoms with Gasteiger partial charge in [-0.15, -0.1) is 10.2 Å². The molecule has 0 bridgehead atoms. The molecule has 1 unspecified atom stereocenters. The van der Waals surface area contributed by atoms with Gasteiger partial charge in [0, 0.05) is 29.3 Å². The van der Waals surface area contributed by atoms with Gasteiger partial charge in [-0.3, -0.25) is 9.36 Å². The van der Waals surface area contributed by atoms with Crippen molar-refractivity contribution < 1.29 is 22.4 Å². The summed E-state index contributed by atoms with van der Waals surface area (Å²) in [6, 6.07) is 14.4. The molecule has 34 heavy (non-hydrogen) atoms. The standard InChI is InChI=1S/C23H18F4N6O/c1-14(21(34)30-20-11-10-19(31-32-20)15-2-4-16(24)5-3-15)29-17-6-8-18(9-7-17)33-13-12-28-22(33)23(25,26)27/h2-14,29H,1H3,(H,30,32,34). The summed E-state index contributed by atoms with van der Waals surface area (Å²) in [6.07, 6.45) is -2.27. The van der Waals surface area contributed by atoms with E-state index < -0.39 is 18.0 Å². The normalized spacial score (nSPS) is 12.3. The molecular weight excluding hydrogens is 452 g/mol. The molecule has 2 heterocycles. The number of halogens is 4. The monoisotopic (exact) mass is 470 g/mol. The molecule has 2 N–H and O–H groups in total. The van der Waals surface area contributed by atoms with E-state index in [1.165, 1.54) is 30.5 Å². The van der Waals surface area contributed by atoms with E-state index in [0.29, 0.717) is 16.9 Å². The maximum atomic E-state index is 13.1. The van der Waals surface area contributed by atoms with E-state index in [2.05, 4.69) is 25.8 Å². The van der Waals surface area contributed by atoms with Gasteiger partial charge in [0.15, 0.2) is 5.82 Å². The number of anilines is 2. The molecule has 0 radical (unpaired) electrons. The van der Waals surface area contributed by atoms with Crippen LogP contribution in [0.15, 0.2) is 73.1 Å². The minimum absolute atomic E-state index is 0.236. The second-order valence-electron chi connectivity index (χ2n) is 7.33. The van der Waals surface area contributed by atoms with Crippen molar-refractivity contribution >= 4 is 17.4 Å². The van der Waals surface area contributed by atoms with E-state index in [9.17, 15) is 22.4 Å². The molecule has 0 saturated carbocycles. The molecule has 4 aromatic rings. The van der Waals surface area contributed by atoms with Crippen molar-refractivity contribution in [3.8, 4) is 16.9 Å². The summed E-state index contributed by atoms with van der Waals surface area (Å²) in [7, 11) is 0. The molecule has 7 nitrogen and oxygen atoms in total. The van der Waals surface area contributed by atoms with E-state index in [4.69, 9.17) is 0 Å². The van der Waals surface area contributed by atoms with Gasteiger partial charge in [0.1, 0.15) is 11.9 Å². The average molecular weight is 470 g/mol. The lowest BCUT2D eigenvalue weighted by molar-refractivity contribution is -0.145. The van der Waals surface area contributed by atoms with Crippen LogP contribution in [0.3, 0.4) is 0 Å². The van der Waals surface area contributed by atoms with Gasteiger partial charge in [0.05, 0.1) is 5.69 Å². The highest BCUT2D eigenvalue weighted by atomic mass is 19.4. The molecule has 4 rings (SSSR count). The van der Waals surface area contributed by atoms with Crippen LogP contribution < -0.4 is 10.6 Å². The van der Waals surface area contributed by atoms with Crippen LogP contribution in [0.5, 0.6) is 0 Å². The van der Waals surface area contributed by atoms with Crippen molar-refractivity contribution in [2.45, 2.75) is 19.1 Å². The number of nitrogens with one attached hydrogen (secondary N) is 2. The molecule has 0 aliphatic heterocycles. The minimum Gasteiger partial charge on any atom is -0.374 e. The second-order valence-corrected chi connectivity index (χ2v) is 7.33. The largest absolute Gasteiger partial charge is 0.450 e. The lowest BCUT2D eigenvalue weighted by atomic mass is 10.1. The molecular formula is C23H18F4N6O.